The SMILES string of the molecule is CCC1CNc2cc(CCNCCCOC(C)C)ccc2O1. The lowest BCUT2D eigenvalue weighted by Crippen LogP contribution is -2.30. The molecule has 1 aliphatic rings. The molecular weight excluding hydrogens is 276 g/mol. The van der Waals surface area contributed by atoms with Crippen LogP contribution in [0.1, 0.15) is 39.2 Å². The van der Waals surface area contributed by atoms with Crippen LogP contribution >= 0.6 is 0 Å². The van der Waals surface area contributed by atoms with Gasteiger partial charge in [0.25, 0.3) is 0 Å². The first kappa shape index (κ1) is 17.1. The molecule has 22 heavy (non-hydrogen) atoms. The number of benzene rings is 1. The van der Waals surface area contributed by atoms with E-state index in [1.54, 1.807) is 0 Å². The molecule has 0 saturated carbocycles. The number of ether oxygens (including phenoxy) is 2. The fourth-order valence-corrected chi connectivity index (χ4v) is 2.52. The summed E-state index contributed by atoms with van der Waals surface area (Å²) in [6, 6.07) is 6.48. The second-order valence-electron chi connectivity index (χ2n) is 6.13. The zero-order chi connectivity index (χ0) is 15.8. The quantitative estimate of drug-likeness (QED) is 0.688. The van der Waals surface area contributed by atoms with Crippen LogP contribution in [0.15, 0.2) is 18.2 Å². The van der Waals surface area contributed by atoms with Crippen LogP contribution in [0, 0.1) is 0 Å². The maximum atomic E-state index is 5.93. The molecule has 0 aliphatic carbocycles. The lowest BCUT2D eigenvalue weighted by atomic mass is 10.1. The lowest BCUT2D eigenvalue weighted by molar-refractivity contribution is 0.0771. The minimum Gasteiger partial charge on any atom is -0.486 e. The van der Waals surface area contributed by atoms with Crippen molar-refractivity contribution in [3.8, 4) is 5.75 Å². The molecule has 1 aliphatic heterocycles. The Hall–Kier alpha value is -1.26. The van der Waals surface area contributed by atoms with Gasteiger partial charge in [0.05, 0.1) is 18.3 Å². The summed E-state index contributed by atoms with van der Waals surface area (Å²) in [5, 5.41) is 6.94. The number of rotatable bonds is 9. The third-order valence-corrected chi connectivity index (χ3v) is 3.85. The van der Waals surface area contributed by atoms with Crippen LogP contribution < -0.4 is 15.4 Å². The van der Waals surface area contributed by atoms with Gasteiger partial charge < -0.3 is 20.1 Å². The van der Waals surface area contributed by atoms with Gasteiger partial charge in [0, 0.05) is 6.61 Å². The van der Waals surface area contributed by atoms with Gasteiger partial charge in [0.15, 0.2) is 0 Å². The van der Waals surface area contributed by atoms with Gasteiger partial charge in [-0.3, -0.25) is 0 Å². The van der Waals surface area contributed by atoms with Gasteiger partial charge in [-0.05, 0) is 63.9 Å². The Balaban J connectivity index is 1.67. The van der Waals surface area contributed by atoms with Crippen molar-refractivity contribution in [1.29, 1.82) is 0 Å². The van der Waals surface area contributed by atoms with E-state index in [1.165, 1.54) is 5.56 Å². The number of fused-ring (bicyclic) bond motifs is 1. The highest BCUT2D eigenvalue weighted by atomic mass is 16.5. The monoisotopic (exact) mass is 306 g/mol. The Bertz CT molecular complexity index is 449. The first-order valence-electron chi connectivity index (χ1n) is 8.54. The Morgan fingerprint density at radius 3 is 3.00 bits per heavy atom. The summed E-state index contributed by atoms with van der Waals surface area (Å²) in [6.45, 7) is 10.1. The van der Waals surface area contributed by atoms with Gasteiger partial charge in [-0.25, -0.2) is 0 Å². The van der Waals surface area contributed by atoms with Crippen molar-refractivity contribution >= 4 is 5.69 Å². The normalized spacial score (nSPS) is 17.0. The molecule has 0 saturated heterocycles. The van der Waals surface area contributed by atoms with Crippen LogP contribution in [-0.2, 0) is 11.2 Å². The van der Waals surface area contributed by atoms with Gasteiger partial charge in [-0.1, -0.05) is 13.0 Å². The predicted octanol–water partition coefficient (Wildman–Crippen LogP) is 3.22. The topological polar surface area (TPSA) is 42.5 Å². The van der Waals surface area contributed by atoms with Crippen LogP contribution in [0.5, 0.6) is 5.75 Å². The number of hydrogen-bond acceptors (Lipinski definition) is 4. The molecular formula is C18H30N2O2. The van der Waals surface area contributed by atoms with Gasteiger partial charge in [-0.2, -0.15) is 0 Å². The summed E-state index contributed by atoms with van der Waals surface area (Å²) in [6.07, 6.45) is 3.78. The van der Waals surface area contributed by atoms with Crippen LogP contribution in [0.2, 0.25) is 0 Å². The van der Waals surface area contributed by atoms with Crippen LogP contribution in [0.25, 0.3) is 0 Å². The second-order valence-corrected chi connectivity index (χ2v) is 6.13. The summed E-state index contributed by atoms with van der Waals surface area (Å²) in [4.78, 5) is 0. The molecule has 0 fully saturated rings. The highest BCUT2D eigenvalue weighted by molar-refractivity contribution is 5.59. The van der Waals surface area contributed by atoms with Gasteiger partial charge in [-0.15, -0.1) is 0 Å². The third-order valence-electron chi connectivity index (χ3n) is 3.85. The van der Waals surface area contributed by atoms with Crippen molar-refractivity contribution in [3.05, 3.63) is 23.8 Å². The Morgan fingerprint density at radius 2 is 2.23 bits per heavy atom. The Labute approximate surface area is 134 Å². The van der Waals surface area contributed by atoms with E-state index < -0.39 is 0 Å². The van der Waals surface area contributed by atoms with Crippen molar-refractivity contribution in [2.75, 3.05) is 31.6 Å². The molecule has 0 bridgehead atoms. The third kappa shape index (κ3) is 5.50. The minimum absolute atomic E-state index is 0.299. The van der Waals surface area contributed by atoms with Crippen LogP contribution in [-0.4, -0.2) is 38.4 Å². The molecule has 124 valence electrons. The van der Waals surface area contributed by atoms with E-state index in [1.807, 2.05) is 0 Å². The molecule has 0 amide bonds. The Morgan fingerprint density at radius 1 is 1.36 bits per heavy atom. The van der Waals surface area contributed by atoms with Crippen molar-refractivity contribution in [1.82, 2.24) is 5.32 Å². The van der Waals surface area contributed by atoms with Gasteiger partial charge >= 0.3 is 0 Å². The van der Waals surface area contributed by atoms with Crippen molar-refractivity contribution in [2.24, 2.45) is 0 Å². The summed E-state index contributed by atoms with van der Waals surface area (Å²) < 4.78 is 11.5. The molecule has 0 spiro atoms. The van der Waals surface area contributed by atoms with E-state index >= 15 is 0 Å². The average molecular weight is 306 g/mol. The largest absolute Gasteiger partial charge is 0.486 e. The molecule has 2 rings (SSSR count). The van der Waals surface area contributed by atoms with E-state index in [0.29, 0.717) is 12.2 Å². The molecule has 1 unspecified atom stereocenters. The summed E-state index contributed by atoms with van der Waals surface area (Å²) in [7, 11) is 0. The van der Waals surface area contributed by atoms with E-state index in [2.05, 4.69) is 49.6 Å². The number of nitrogens with one attached hydrogen (secondary N) is 2. The van der Waals surface area contributed by atoms with E-state index in [-0.39, 0.29) is 0 Å². The molecule has 4 nitrogen and oxygen atoms in total. The van der Waals surface area contributed by atoms with Crippen molar-refractivity contribution in [2.45, 2.75) is 52.2 Å². The van der Waals surface area contributed by atoms with E-state index in [0.717, 1.165) is 56.9 Å². The fraction of sp³-hybridized carbons (Fsp3) is 0.667. The minimum atomic E-state index is 0.299. The first-order valence-corrected chi connectivity index (χ1v) is 8.54. The molecule has 1 atom stereocenters. The maximum Gasteiger partial charge on any atom is 0.142 e. The number of anilines is 1. The highest BCUT2D eigenvalue weighted by Crippen LogP contribution is 2.30. The average Bonchev–Trinajstić information content (AvgIpc) is 2.53. The highest BCUT2D eigenvalue weighted by Gasteiger charge is 2.17. The second kappa shape index (κ2) is 9.01. The smallest absolute Gasteiger partial charge is 0.142 e. The lowest BCUT2D eigenvalue weighted by Gasteiger charge is -2.27. The molecule has 2 N–H and O–H groups in total. The standard InChI is InChI=1S/C18H30N2O2/c1-4-16-13-20-17-12-15(6-7-18(17)22-16)8-10-19-9-5-11-21-14(2)3/h6-7,12,14,16,19-20H,4-5,8-11,13H2,1-3H3. The van der Waals surface area contributed by atoms with Gasteiger partial charge in [0.2, 0.25) is 0 Å². The predicted molar refractivity (Wildman–Crippen MR) is 91.9 cm³/mol. The molecule has 0 aromatic heterocycles. The Kier molecular flexibility index (Phi) is 7.00. The van der Waals surface area contributed by atoms with Crippen molar-refractivity contribution in [3.63, 3.8) is 0 Å². The molecule has 1 heterocycles. The van der Waals surface area contributed by atoms with Crippen molar-refractivity contribution < 1.29 is 9.47 Å². The zero-order valence-electron chi connectivity index (χ0n) is 14.2. The fourth-order valence-electron chi connectivity index (χ4n) is 2.52. The van der Waals surface area contributed by atoms with E-state index in [4.69, 9.17) is 9.47 Å². The van der Waals surface area contributed by atoms with E-state index in [9.17, 15) is 0 Å². The molecule has 1 aromatic carbocycles. The van der Waals surface area contributed by atoms with Gasteiger partial charge in [0.1, 0.15) is 11.9 Å². The molecule has 1 aromatic rings. The first-order chi connectivity index (χ1) is 10.7. The van der Waals surface area contributed by atoms with Crippen LogP contribution in [0.3, 0.4) is 0 Å². The molecule has 0 radical (unpaired) electrons. The summed E-state index contributed by atoms with van der Waals surface area (Å²) in [5.41, 5.74) is 2.48. The molecule has 4 heteroatoms. The summed E-state index contributed by atoms with van der Waals surface area (Å²) in [5.74, 6) is 0.987. The maximum absolute atomic E-state index is 5.93. The number of hydrogen-bond donors (Lipinski definition) is 2. The summed E-state index contributed by atoms with van der Waals surface area (Å²) >= 11 is 0. The zero-order valence-corrected chi connectivity index (χ0v) is 14.2. The van der Waals surface area contributed by atoms with Crippen LogP contribution in [0.4, 0.5) is 5.69 Å².